The zero-order chi connectivity index (χ0) is 20.1. The highest BCUT2D eigenvalue weighted by Gasteiger charge is 2.19. The lowest BCUT2D eigenvalue weighted by atomic mass is 10.2. The number of benzene rings is 2. The van der Waals surface area contributed by atoms with E-state index < -0.39 is 0 Å². The number of amides is 1. The molecule has 7 heteroatoms. The van der Waals surface area contributed by atoms with Gasteiger partial charge < -0.3 is 24.4 Å². The van der Waals surface area contributed by atoms with Gasteiger partial charge in [-0.3, -0.25) is 9.69 Å². The van der Waals surface area contributed by atoms with Gasteiger partial charge in [0.2, 0.25) is 6.79 Å². The minimum atomic E-state index is -0.0794. The maximum absolute atomic E-state index is 12.3. The zero-order valence-corrected chi connectivity index (χ0v) is 16.7. The first-order valence-corrected chi connectivity index (χ1v) is 10.0. The molecule has 29 heavy (non-hydrogen) atoms. The molecule has 154 valence electrons. The van der Waals surface area contributed by atoms with Crippen LogP contribution in [0.2, 0.25) is 0 Å². The summed E-state index contributed by atoms with van der Waals surface area (Å²) in [7, 11) is 1.72. The molecule has 0 spiro atoms. The first-order chi connectivity index (χ1) is 14.2. The Morgan fingerprint density at radius 2 is 1.86 bits per heavy atom. The molecule has 4 rings (SSSR count). The molecule has 0 aromatic heterocycles. The van der Waals surface area contributed by atoms with Gasteiger partial charge in [-0.2, -0.15) is 0 Å². The normalized spacial score (nSPS) is 16.0. The fourth-order valence-electron chi connectivity index (χ4n) is 3.75. The Bertz CT molecular complexity index is 850. The fourth-order valence-corrected chi connectivity index (χ4v) is 3.75. The van der Waals surface area contributed by atoms with Gasteiger partial charge in [0.25, 0.3) is 5.91 Å². The molecule has 0 aliphatic carbocycles. The van der Waals surface area contributed by atoms with Crippen LogP contribution in [0.3, 0.4) is 0 Å². The van der Waals surface area contributed by atoms with Gasteiger partial charge in [0.1, 0.15) is 5.75 Å². The average molecular weight is 397 g/mol. The Morgan fingerprint density at radius 1 is 1.07 bits per heavy atom. The van der Waals surface area contributed by atoms with Crippen molar-refractivity contribution in [1.29, 1.82) is 0 Å². The number of rotatable bonds is 7. The van der Waals surface area contributed by atoms with Crippen molar-refractivity contribution in [2.75, 3.05) is 58.1 Å². The number of hydrogen-bond donors (Lipinski definition) is 1. The molecule has 2 aliphatic rings. The molecule has 1 N–H and O–H groups in total. The molecule has 0 radical (unpaired) electrons. The van der Waals surface area contributed by atoms with E-state index in [0.717, 1.165) is 50.6 Å². The number of methoxy groups -OCH3 is 1. The third-order valence-electron chi connectivity index (χ3n) is 5.37. The van der Waals surface area contributed by atoms with Crippen molar-refractivity contribution in [3.63, 3.8) is 0 Å². The molecule has 7 nitrogen and oxygen atoms in total. The van der Waals surface area contributed by atoms with Crippen LogP contribution in [-0.2, 0) is 0 Å². The number of nitrogens with one attached hydrogen (secondary N) is 1. The van der Waals surface area contributed by atoms with Crippen LogP contribution in [0.25, 0.3) is 0 Å². The second kappa shape index (κ2) is 9.05. The third-order valence-corrected chi connectivity index (χ3v) is 5.37. The minimum Gasteiger partial charge on any atom is -0.495 e. The van der Waals surface area contributed by atoms with Crippen molar-refractivity contribution in [3.8, 4) is 17.2 Å². The third kappa shape index (κ3) is 4.56. The molecule has 2 heterocycles. The van der Waals surface area contributed by atoms with Gasteiger partial charge in [0.05, 0.1) is 12.8 Å². The Labute approximate surface area is 171 Å². The van der Waals surface area contributed by atoms with E-state index in [1.807, 2.05) is 18.2 Å². The number of piperazine rings is 1. The summed E-state index contributed by atoms with van der Waals surface area (Å²) in [5.41, 5.74) is 1.75. The summed E-state index contributed by atoms with van der Waals surface area (Å²) in [5, 5.41) is 2.99. The maximum atomic E-state index is 12.3. The summed E-state index contributed by atoms with van der Waals surface area (Å²) in [6.07, 6.45) is 0.922. The Hall–Kier alpha value is -2.93. The van der Waals surface area contributed by atoms with Crippen molar-refractivity contribution in [1.82, 2.24) is 10.2 Å². The second-order valence-electron chi connectivity index (χ2n) is 7.18. The van der Waals surface area contributed by atoms with Crippen molar-refractivity contribution >= 4 is 11.6 Å². The van der Waals surface area contributed by atoms with Gasteiger partial charge in [0, 0.05) is 38.3 Å². The van der Waals surface area contributed by atoms with Gasteiger partial charge in [-0.15, -0.1) is 0 Å². The fraction of sp³-hybridized carbons (Fsp3) is 0.409. The highest BCUT2D eigenvalue weighted by Crippen LogP contribution is 2.32. The van der Waals surface area contributed by atoms with Crippen LogP contribution < -0.4 is 24.4 Å². The molecule has 2 aromatic rings. The SMILES string of the molecule is COc1ccccc1N1CCN(CCCNC(=O)c2ccc3c(c2)OCO3)CC1. The lowest BCUT2D eigenvalue weighted by molar-refractivity contribution is 0.0951. The van der Waals surface area contributed by atoms with Crippen molar-refractivity contribution in [2.24, 2.45) is 0 Å². The molecular weight excluding hydrogens is 370 g/mol. The molecule has 0 unspecified atom stereocenters. The predicted molar refractivity (Wildman–Crippen MR) is 111 cm³/mol. The van der Waals surface area contributed by atoms with E-state index in [1.165, 1.54) is 0 Å². The molecule has 1 fully saturated rings. The summed E-state index contributed by atoms with van der Waals surface area (Å²) < 4.78 is 16.1. The summed E-state index contributed by atoms with van der Waals surface area (Å²) >= 11 is 0. The number of anilines is 1. The van der Waals surface area contributed by atoms with E-state index in [9.17, 15) is 4.79 Å². The highest BCUT2D eigenvalue weighted by atomic mass is 16.7. The van der Waals surface area contributed by atoms with Crippen LogP contribution in [0, 0.1) is 0 Å². The van der Waals surface area contributed by atoms with Crippen LogP contribution in [-0.4, -0.2) is 64.0 Å². The largest absolute Gasteiger partial charge is 0.495 e. The predicted octanol–water partition coefficient (Wildman–Crippen LogP) is 2.37. The topological polar surface area (TPSA) is 63.3 Å². The molecule has 0 saturated carbocycles. The first-order valence-electron chi connectivity index (χ1n) is 10.0. The zero-order valence-electron chi connectivity index (χ0n) is 16.7. The monoisotopic (exact) mass is 397 g/mol. The molecule has 1 amide bonds. The van der Waals surface area contributed by atoms with E-state index in [1.54, 1.807) is 25.3 Å². The molecule has 2 aromatic carbocycles. The number of hydrogen-bond acceptors (Lipinski definition) is 6. The Kier molecular flexibility index (Phi) is 6.05. The van der Waals surface area contributed by atoms with Crippen molar-refractivity contribution in [2.45, 2.75) is 6.42 Å². The highest BCUT2D eigenvalue weighted by molar-refractivity contribution is 5.94. The number of nitrogens with zero attached hydrogens (tertiary/aromatic N) is 2. The standard InChI is InChI=1S/C22H27N3O4/c1-27-19-6-3-2-5-18(19)25-13-11-24(12-14-25)10-4-9-23-22(26)17-7-8-20-21(15-17)29-16-28-20/h2-3,5-8,15H,4,9-14,16H2,1H3,(H,23,26). The molecular formula is C22H27N3O4. The van der Waals surface area contributed by atoms with Crippen molar-refractivity contribution < 1.29 is 19.0 Å². The van der Waals surface area contributed by atoms with E-state index in [2.05, 4.69) is 21.2 Å². The van der Waals surface area contributed by atoms with E-state index >= 15 is 0 Å². The van der Waals surface area contributed by atoms with Gasteiger partial charge in [0.15, 0.2) is 11.5 Å². The van der Waals surface area contributed by atoms with Crippen LogP contribution in [0.1, 0.15) is 16.8 Å². The number of carbonyl (C=O) groups excluding carboxylic acids is 1. The van der Waals surface area contributed by atoms with Gasteiger partial charge in [-0.05, 0) is 43.3 Å². The number of para-hydroxylation sites is 2. The van der Waals surface area contributed by atoms with E-state index in [-0.39, 0.29) is 12.7 Å². The van der Waals surface area contributed by atoms with Gasteiger partial charge >= 0.3 is 0 Å². The van der Waals surface area contributed by atoms with Crippen LogP contribution in [0.15, 0.2) is 42.5 Å². The Morgan fingerprint density at radius 3 is 2.69 bits per heavy atom. The lowest BCUT2D eigenvalue weighted by Crippen LogP contribution is -2.47. The van der Waals surface area contributed by atoms with Gasteiger partial charge in [-0.25, -0.2) is 0 Å². The number of carbonyl (C=O) groups is 1. The smallest absolute Gasteiger partial charge is 0.251 e. The summed E-state index contributed by atoms with van der Waals surface area (Å²) in [6, 6.07) is 13.4. The quantitative estimate of drug-likeness (QED) is 0.724. The van der Waals surface area contributed by atoms with E-state index in [4.69, 9.17) is 14.2 Å². The number of fused-ring (bicyclic) bond motifs is 1. The van der Waals surface area contributed by atoms with Crippen LogP contribution in [0.5, 0.6) is 17.2 Å². The second-order valence-corrected chi connectivity index (χ2v) is 7.18. The van der Waals surface area contributed by atoms with Crippen LogP contribution in [0.4, 0.5) is 5.69 Å². The van der Waals surface area contributed by atoms with E-state index in [0.29, 0.717) is 23.6 Å². The summed E-state index contributed by atoms with van der Waals surface area (Å²) in [4.78, 5) is 17.1. The summed E-state index contributed by atoms with van der Waals surface area (Å²) in [5.74, 6) is 2.16. The molecule has 2 aliphatic heterocycles. The lowest BCUT2D eigenvalue weighted by Gasteiger charge is -2.36. The van der Waals surface area contributed by atoms with Gasteiger partial charge in [-0.1, -0.05) is 12.1 Å². The van der Waals surface area contributed by atoms with Crippen LogP contribution >= 0.6 is 0 Å². The first kappa shape index (κ1) is 19.4. The average Bonchev–Trinajstić information content (AvgIpc) is 3.25. The molecule has 0 atom stereocenters. The molecule has 1 saturated heterocycles. The van der Waals surface area contributed by atoms with Crippen molar-refractivity contribution in [3.05, 3.63) is 48.0 Å². The summed E-state index contributed by atoms with van der Waals surface area (Å²) in [6.45, 7) is 5.81. The molecule has 0 bridgehead atoms. The maximum Gasteiger partial charge on any atom is 0.251 e. The Balaban J connectivity index is 1.18. The minimum absolute atomic E-state index is 0.0794. The number of ether oxygens (including phenoxy) is 3.